The molecule has 0 aliphatic carbocycles. The number of nitrogens with zero attached hydrogens (tertiary/aromatic N) is 2. The SMILES string of the molecule is C#CCNc1cnn(CCO)c(=O)c1Br. The molecule has 0 atom stereocenters. The van der Waals surface area contributed by atoms with E-state index in [9.17, 15) is 4.79 Å². The van der Waals surface area contributed by atoms with Crippen molar-refractivity contribution in [1.29, 1.82) is 0 Å². The number of terminal acetylenes is 1. The summed E-state index contributed by atoms with van der Waals surface area (Å²) in [7, 11) is 0. The maximum absolute atomic E-state index is 11.6. The van der Waals surface area contributed by atoms with Gasteiger partial charge in [0.2, 0.25) is 0 Å². The minimum absolute atomic E-state index is 0.128. The fourth-order valence-electron chi connectivity index (χ4n) is 0.989. The first-order chi connectivity index (χ1) is 7.20. The highest BCUT2D eigenvalue weighted by atomic mass is 79.9. The standard InChI is InChI=1S/C9H10BrN3O2/c1-2-3-11-7-6-12-13(4-5-14)9(15)8(7)10/h1,6,11,14H,3-5H2. The normalized spacial score (nSPS) is 9.67. The molecule has 0 radical (unpaired) electrons. The molecule has 0 saturated heterocycles. The van der Waals surface area contributed by atoms with Crippen molar-refractivity contribution in [2.75, 3.05) is 18.5 Å². The Morgan fingerprint density at radius 3 is 3.07 bits per heavy atom. The van der Waals surface area contributed by atoms with Crippen LogP contribution in [0.3, 0.4) is 0 Å². The van der Waals surface area contributed by atoms with E-state index in [1.54, 1.807) is 0 Å². The molecule has 0 aliphatic rings. The molecule has 0 unspecified atom stereocenters. The molecule has 0 aliphatic heterocycles. The number of anilines is 1. The maximum Gasteiger partial charge on any atom is 0.283 e. The van der Waals surface area contributed by atoms with Crippen molar-refractivity contribution < 1.29 is 5.11 Å². The fourth-order valence-corrected chi connectivity index (χ4v) is 1.44. The molecule has 0 amide bonds. The molecule has 0 aromatic carbocycles. The smallest absolute Gasteiger partial charge is 0.283 e. The van der Waals surface area contributed by atoms with E-state index in [0.717, 1.165) is 0 Å². The molecule has 5 nitrogen and oxygen atoms in total. The van der Waals surface area contributed by atoms with Crippen LogP contribution >= 0.6 is 15.9 Å². The highest BCUT2D eigenvalue weighted by Gasteiger charge is 2.07. The number of rotatable bonds is 4. The summed E-state index contributed by atoms with van der Waals surface area (Å²) in [5.41, 5.74) is 0.248. The Hall–Kier alpha value is -1.32. The van der Waals surface area contributed by atoms with Gasteiger partial charge < -0.3 is 10.4 Å². The van der Waals surface area contributed by atoms with E-state index in [1.165, 1.54) is 10.9 Å². The van der Waals surface area contributed by atoms with Crippen LogP contribution in [-0.2, 0) is 6.54 Å². The van der Waals surface area contributed by atoms with Crippen molar-refractivity contribution in [3.63, 3.8) is 0 Å². The Morgan fingerprint density at radius 1 is 1.73 bits per heavy atom. The zero-order valence-electron chi connectivity index (χ0n) is 7.90. The third-order valence-electron chi connectivity index (χ3n) is 1.68. The molecule has 6 heteroatoms. The van der Waals surface area contributed by atoms with Crippen molar-refractivity contribution in [1.82, 2.24) is 9.78 Å². The highest BCUT2D eigenvalue weighted by molar-refractivity contribution is 9.10. The molecule has 1 aromatic rings. The lowest BCUT2D eigenvalue weighted by molar-refractivity contribution is 0.266. The number of aliphatic hydroxyl groups is 1. The van der Waals surface area contributed by atoms with Gasteiger partial charge in [0.15, 0.2) is 0 Å². The first-order valence-electron chi connectivity index (χ1n) is 4.24. The van der Waals surface area contributed by atoms with Crippen molar-refractivity contribution >= 4 is 21.6 Å². The number of hydrogen-bond acceptors (Lipinski definition) is 4. The third-order valence-corrected chi connectivity index (χ3v) is 2.44. The topological polar surface area (TPSA) is 67.2 Å². The summed E-state index contributed by atoms with van der Waals surface area (Å²) in [6.07, 6.45) is 6.56. The zero-order chi connectivity index (χ0) is 11.3. The van der Waals surface area contributed by atoms with Crippen molar-refractivity contribution in [3.05, 3.63) is 21.0 Å². The van der Waals surface area contributed by atoms with Gasteiger partial charge in [-0.3, -0.25) is 4.79 Å². The van der Waals surface area contributed by atoms with Gasteiger partial charge in [-0.15, -0.1) is 6.42 Å². The van der Waals surface area contributed by atoms with Gasteiger partial charge >= 0.3 is 0 Å². The third kappa shape index (κ3) is 2.81. The van der Waals surface area contributed by atoms with E-state index in [-0.39, 0.29) is 18.7 Å². The largest absolute Gasteiger partial charge is 0.394 e. The van der Waals surface area contributed by atoms with Crippen molar-refractivity contribution in [3.8, 4) is 12.3 Å². The van der Waals surface area contributed by atoms with Gasteiger partial charge in [0.1, 0.15) is 4.47 Å². The van der Waals surface area contributed by atoms with E-state index < -0.39 is 0 Å². The molecule has 1 aromatic heterocycles. The summed E-state index contributed by atoms with van der Waals surface area (Å²) in [4.78, 5) is 11.6. The molecular formula is C9H10BrN3O2. The molecule has 0 spiro atoms. The Balaban J connectivity index is 3.00. The van der Waals surface area contributed by atoms with Gasteiger partial charge in [-0.1, -0.05) is 5.92 Å². The van der Waals surface area contributed by atoms with E-state index in [4.69, 9.17) is 11.5 Å². The predicted molar refractivity (Wildman–Crippen MR) is 60.6 cm³/mol. The van der Waals surface area contributed by atoms with Crippen molar-refractivity contribution in [2.45, 2.75) is 6.54 Å². The minimum Gasteiger partial charge on any atom is -0.394 e. The van der Waals surface area contributed by atoms with Crippen LogP contribution in [0, 0.1) is 12.3 Å². The van der Waals surface area contributed by atoms with E-state index >= 15 is 0 Å². The maximum atomic E-state index is 11.6. The number of aromatic nitrogens is 2. The first kappa shape index (κ1) is 11.8. The fraction of sp³-hybridized carbons (Fsp3) is 0.333. The Labute approximate surface area is 95.2 Å². The monoisotopic (exact) mass is 271 g/mol. The summed E-state index contributed by atoms with van der Waals surface area (Å²) < 4.78 is 1.53. The quantitative estimate of drug-likeness (QED) is 0.760. The summed E-state index contributed by atoms with van der Waals surface area (Å²) >= 11 is 3.15. The van der Waals surface area contributed by atoms with Crippen LogP contribution in [0.25, 0.3) is 0 Å². The van der Waals surface area contributed by atoms with Crippen LogP contribution in [0.4, 0.5) is 5.69 Å². The average molecular weight is 272 g/mol. The van der Waals surface area contributed by atoms with E-state index in [1.807, 2.05) is 0 Å². The van der Waals surface area contributed by atoms with E-state index in [2.05, 4.69) is 32.3 Å². The summed E-state index contributed by atoms with van der Waals surface area (Å²) in [6.45, 7) is 0.368. The van der Waals surface area contributed by atoms with Crippen LogP contribution in [-0.4, -0.2) is 28.0 Å². The summed E-state index contributed by atoms with van der Waals surface area (Å²) in [5.74, 6) is 2.39. The second-order valence-corrected chi connectivity index (χ2v) is 3.47. The highest BCUT2D eigenvalue weighted by Crippen LogP contribution is 2.15. The van der Waals surface area contributed by atoms with Gasteiger partial charge in [0, 0.05) is 0 Å². The lowest BCUT2D eigenvalue weighted by Crippen LogP contribution is -2.25. The molecule has 0 bridgehead atoms. The molecule has 0 fully saturated rings. The van der Waals surface area contributed by atoms with Crippen LogP contribution in [0.2, 0.25) is 0 Å². The molecule has 1 heterocycles. The van der Waals surface area contributed by atoms with Crippen LogP contribution in [0.15, 0.2) is 15.5 Å². The van der Waals surface area contributed by atoms with Gasteiger partial charge in [0.05, 0.1) is 31.6 Å². The Kier molecular flexibility index (Phi) is 4.34. The lowest BCUT2D eigenvalue weighted by Gasteiger charge is -2.07. The van der Waals surface area contributed by atoms with Gasteiger partial charge in [-0.25, -0.2) is 4.68 Å². The lowest BCUT2D eigenvalue weighted by atomic mass is 10.4. The molecule has 0 saturated carbocycles. The number of halogens is 1. The van der Waals surface area contributed by atoms with Crippen molar-refractivity contribution in [2.24, 2.45) is 0 Å². The predicted octanol–water partition coefficient (Wildman–Crippen LogP) is 0.0432. The van der Waals surface area contributed by atoms with Gasteiger partial charge in [-0.05, 0) is 15.9 Å². The molecule has 15 heavy (non-hydrogen) atoms. The van der Waals surface area contributed by atoms with E-state index in [0.29, 0.717) is 16.7 Å². The first-order valence-corrected chi connectivity index (χ1v) is 5.03. The number of aliphatic hydroxyl groups excluding tert-OH is 1. The van der Waals surface area contributed by atoms with Gasteiger partial charge in [-0.2, -0.15) is 5.10 Å². The molecule has 2 N–H and O–H groups in total. The molecule has 80 valence electrons. The second kappa shape index (κ2) is 5.53. The summed E-state index contributed by atoms with van der Waals surface area (Å²) in [6, 6.07) is 0. The minimum atomic E-state index is -0.300. The Bertz CT molecular complexity index is 436. The molecular weight excluding hydrogens is 262 g/mol. The van der Waals surface area contributed by atoms with Crippen LogP contribution < -0.4 is 10.9 Å². The van der Waals surface area contributed by atoms with Crippen LogP contribution in [0.1, 0.15) is 0 Å². The number of nitrogens with one attached hydrogen (secondary N) is 1. The van der Waals surface area contributed by atoms with Crippen LogP contribution in [0.5, 0.6) is 0 Å². The van der Waals surface area contributed by atoms with Gasteiger partial charge in [0.25, 0.3) is 5.56 Å². The molecule has 1 rings (SSSR count). The average Bonchev–Trinajstić information content (AvgIpc) is 2.24. The zero-order valence-corrected chi connectivity index (χ0v) is 9.49. The Morgan fingerprint density at radius 2 is 2.47 bits per heavy atom. The number of hydrogen-bond donors (Lipinski definition) is 2. The second-order valence-electron chi connectivity index (χ2n) is 2.68. The summed E-state index contributed by atoms with van der Waals surface area (Å²) in [5, 5.41) is 15.4.